The third kappa shape index (κ3) is 10.9. The lowest BCUT2D eigenvalue weighted by atomic mass is 9.93. The lowest BCUT2D eigenvalue weighted by molar-refractivity contribution is -0.134. The SMILES string of the molecule is N=C(N)c1cccc(CC(NSc2cccc(NC(=O)CCN)c2)C(=O)N2CCC(CCNC(=O)Nc3ccccc3)CC2)c1. The first-order valence-electron chi connectivity index (χ1n) is 15.1. The highest BCUT2D eigenvalue weighted by Crippen LogP contribution is 2.24. The minimum absolute atomic E-state index is 0.00180. The molecule has 238 valence electrons. The third-order valence-corrected chi connectivity index (χ3v) is 8.47. The van der Waals surface area contributed by atoms with E-state index in [1.54, 1.807) is 6.07 Å². The van der Waals surface area contributed by atoms with Crippen molar-refractivity contribution in [1.29, 1.82) is 5.41 Å². The second-order valence-electron chi connectivity index (χ2n) is 11.0. The molecule has 3 aromatic rings. The molecule has 0 aliphatic carbocycles. The number of carbonyl (C=O) groups is 3. The van der Waals surface area contributed by atoms with Gasteiger partial charge in [-0.2, -0.15) is 0 Å². The van der Waals surface area contributed by atoms with Crippen molar-refractivity contribution in [3.05, 3.63) is 90.0 Å². The highest BCUT2D eigenvalue weighted by molar-refractivity contribution is 7.97. The number of nitrogens with one attached hydrogen (secondary N) is 5. The van der Waals surface area contributed by atoms with Gasteiger partial charge in [-0.25, -0.2) is 9.52 Å². The molecule has 1 fully saturated rings. The van der Waals surface area contributed by atoms with Crippen molar-refractivity contribution < 1.29 is 14.4 Å². The van der Waals surface area contributed by atoms with Crippen LogP contribution in [0.1, 0.15) is 36.8 Å². The van der Waals surface area contributed by atoms with Crippen molar-refractivity contribution in [2.45, 2.75) is 43.0 Å². The standard InChI is InChI=1S/C33H42N8O3S/c34-16-12-30(42)38-27-10-5-11-28(22-27)45-40-29(21-24-6-4-7-25(20-24)31(35)36)32(43)41-18-14-23(15-19-41)13-17-37-33(44)39-26-8-2-1-3-9-26/h1-11,20,22-23,29,40H,12-19,21,34H2,(H3,35,36)(H,38,42)(H2,37,39,44). The van der Waals surface area contributed by atoms with Crippen LogP contribution in [0.3, 0.4) is 0 Å². The molecule has 0 radical (unpaired) electrons. The molecule has 1 saturated heterocycles. The summed E-state index contributed by atoms with van der Waals surface area (Å²) in [6.45, 7) is 2.12. The summed E-state index contributed by atoms with van der Waals surface area (Å²) in [4.78, 5) is 40.8. The molecule has 1 atom stereocenters. The van der Waals surface area contributed by atoms with Gasteiger partial charge in [0.1, 0.15) is 11.9 Å². The summed E-state index contributed by atoms with van der Waals surface area (Å²) in [5.74, 6) is 0.239. The zero-order valence-electron chi connectivity index (χ0n) is 25.3. The van der Waals surface area contributed by atoms with Crippen LogP contribution < -0.4 is 32.1 Å². The van der Waals surface area contributed by atoms with Gasteiger partial charge in [-0.3, -0.25) is 15.0 Å². The number of nitrogens with zero attached hydrogens (tertiary/aromatic N) is 1. The maximum Gasteiger partial charge on any atom is 0.319 e. The van der Waals surface area contributed by atoms with E-state index in [9.17, 15) is 14.4 Å². The van der Waals surface area contributed by atoms with Gasteiger partial charge in [-0.15, -0.1) is 0 Å². The lowest BCUT2D eigenvalue weighted by Gasteiger charge is -2.34. The van der Waals surface area contributed by atoms with Crippen molar-refractivity contribution in [1.82, 2.24) is 14.9 Å². The number of carbonyl (C=O) groups excluding carboxylic acids is 3. The first-order chi connectivity index (χ1) is 21.8. The number of amides is 4. The Balaban J connectivity index is 1.33. The van der Waals surface area contributed by atoms with Crippen LogP contribution in [-0.4, -0.2) is 60.8 Å². The number of amidine groups is 1. The zero-order chi connectivity index (χ0) is 32.0. The summed E-state index contributed by atoms with van der Waals surface area (Å²) < 4.78 is 3.37. The van der Waals surface area contributed by atoms with Crippen LogP contribution in [0.5, 0.6) is 0 Å². The zero-order valence-corrected chi connectivity index (χ0v) is 26.1. The van der Waals surface area contributed by atoms with E-state index in [0.29, 0.717) is 43.2 Å². The Morgan fingerprint density at radius 2 is 1.67 bits per heavy atom. The number of anilines is 2. The number of nitrogens with two attached hydrogens (primary N) is 2. The summed E-state index contributed by atoms with van der Waals surface area (Å²) in [5, 5.41) is 16.4. The van der Waals surface area contributed by atoms with Crippen molar-refractivity contribution >= 4 is 47.0 Å². The molecule has 0 aromatic heterocycles. The first kappa shape index (κ1) is 33.5. The number of piperidine rings is 1. The molecule has 4 rings (SSSR count). The number of urea groups is 1. The van der Waals surface area contributed by atoms with Gasteiger partial charge in [0.25, 0.3) is 0 Å². The van der Waals surface area contributed by atoms with Crippen molar-refractivity contribution in [2.24, 2.45) is 17.4 Å². The van der Waals surface area contributed by atoms with E-state index in [-0.39, 0.29) is 36.6 Å². The van der Waals surface area contributed by atoms with Crippen LogP contribution in [-0.2, 0) is 16.0 Å². The van der Waals surface area contributed by atoms with Gasteiger partial charge in [0.2, 0.25) is 11.8 Å². The summed E-state index contributed by atoms with van der Waals surface area (Å²) in [5.41, 5.74) is 14.1. The number of para-hydroxylation sites is 1. The monoisotopic (exact) mass is 630 g/mol. The Hall–Kier alpha value is -4.39. The van der Waals surface area contributed by atoms with E-state index in [2.05, 4.69) is 20.7 Å². The summed E-state index contributed by atoms with van der Waals surface area (Å²) in [7, 11) is 0. The van der Waals surface area contributed by atoms with Gasteiger partial charge in [0.05, 0.1) is 0 Å². The van der Waals surface area contributed by atoms with Crippen molar-refractivity contribution in [3.63, 3.8) is 0 Å². The van der Waals surface area contributed by atoms with Crippen molar-refractivity contribution in [3.8, 4) is 0 Å². The minimum Gasteiger partial charge on any atom is -0.384 e. The van der Waals surface area contributed by atoms with Crippen LogP contribution in [0.4, 0.5) is 16.2 Å². The second kappa shape index (κ2) is 17.2. The van der Waals surface area contributed by atoms with Gasteiger partial charge in [0.15, 0.2) is 0 Å². The number of rotatable bonds is 14. The molecular formula is C33H42N8O3S. The largest absolute Gasteiger partial charge is 0.384 e. The summed E-state index contributed by atoms with van der Waals surface area (Å²) in [6, 6.07) is 23.4. The molecule has 12 heteroatoms. The van der Waals surface area contributed by atoms with Gasteiger partial charge in [0, 0.05) is 54.4 Å². The lowest BCUT2D eigenvalue weighted by Crippen LogP contribution is -2.48. The molecule has 45 heavy (non-hydrogen) atoms. The number of nitrogen functional groups attached to an aromatic ring is 1. The normalized spacial score (nSPS) is 13.9. The molecule has 4 amide bonds. The minimum atomic E-state index is -0.535. The molecule has 0 saturated carbocycles. The van der Waals surface area contributed by atoms with Crippen LogP contribution in [0.2, 0.25) is 0 Å². The highest BCUT2D eigenvalue weighted by Gasteiger charge is 2.29. The molecule has 1 heterocycles. The summed E-state index contributed by atoms with van der Waals surface area (Å²) in [6.07, 6.45) is 3.22. The van der Waals surface area contributed by atoms with E-state index < -0.39 is 6.04 Å². The molecular weight excluding hydrogens is 588 g/mol. The van der Waals surface area contributed by atoms with Crippen LogP contribution in [0.25, 0.3) is 0 Å². The van der Waals surface area contributed by atoms with Crippen LogP contribution >= 0.6 is 11.9 Å². The van der Waals surface area contributed by atoms with Crippen LogP contribution in [0.15, 0.2) is 83.8 Å². The molecule has 1 aliphatic rings. The molecule has 0 bridgehead atoms. The van der Waals surface area contributed by atoms with Gasteiger partial charge < -0.3 is 32.3 Å². The third-order valence-electron chi connectivity index (χ3n) is 7.58. The number of hydrogen-bond acceptors (Lipinski definition) is 7. The number of benzene rings is 3. The topological polar surface area (TPSA) is 178 Å². The summed E-state index contributed by atoms with van der Waals surface area (Å²) >= 11 is 1.33. The quantitative estimate of drug-likeness (QED) is 0.0801. The highest BCUT2D eigenvalue weighted by atomic mass is 32.2. The average Bonchev–Trinajstić information content (AvgIpc) is 3.04. The smallest absolute Gasteiger partial charge is 0.319 e. The number of hydrogen-bond donors (Lipinski definition) is 7. The Morgan fingerprint density at radius 3 is 2.40 bits per heavy atom. The fourth-order valence-electron chi connectivity index (χ4n) is 5.16. The first-order valence-corrected chi connectivity index (χ1v) is 16.0. The number of likely N-dealkylation sites (tertiary alicyclic amines) is 1. The van der Waals surface area contributed by atoms with E-state index in [1.165, 1.54) is 11.9 Å². The van der Waals surface area contributed by atoms with Crippen molar-refractivity contribution in [2.75, 3.05) is 36.8 Å². The second-order valence-corrected chi connectivity index (χ2v) is 11.9. The molecule has 3 aromatic carbocycles. The maximum absolute atomic E-state index is 13.9. The van der Waals surface area contributed by atoms with Gasteiger partial charge in [-0.05, 0) is 85.5 Å². The molecule has 11 nitrogen and oxygen atoms in total. The molecule has 1 aliphatic heterocycles. The molecule has 1 unspecified atom stereocenters. The van der Waals surface area contributed by atoms with E-state index >= 15 is 0 Å². The van der Waals surface area contributed by atoms with E-state index in [4.69, 9.17) is 16.9 Å². The Kier molecular flexibility index (Phi) is 12.8. The predicted octanol–water partition coefficient (Wildman–Crippen LogP) is 3.92. The van der Waals surface area contributed by atoms with Gasteiger partial charge >= 0.3 is 6.03 Å². The molecule has 0 spiro atoms. The predicted molar refractivity (Wildman–Crippen MR) is 180 cm³/mol. The molecule has 9 N–H and O–H groups in total. The maximum atomic E-state index is 13.9. The Labute approximate surface area is 268 Å². The van der Waals surface area contributed by atoms with Crippen LogP contribution in [0, 0.1) is 11.3 Å². The Bertz CT molecular complexity index is 1450. The van der Waals surface area contributed by atoms with E-state index in [1.807, 2.05) is 77.7 Å². The fourth-order valence-corrected chi connectivity index (χ4v) is 5.96. The van der Waals surface area contributed by atoms with Gasteiger partial charge in [-0.1, -0.05) is 42.5 Å². The van der Waals surface area contributed by atoms with E-state index in [0.717, 1.165) is 35.4 Å². The fraction of sp³-hybridized carbons (Fsp3) is 0.333. The Morgan fingerprint density at radius 1 is 0.933 bits per heavy atom. The average molecular weight is 631 g/mol.